The highest BCUT2D eigenvalue weighted by Gasteiger charge is 2.34. The van der Waals surface area contributed by atoms with E-state index in [-0.39, 0.29) is 42.3 Å². The number of hydrogen-bond acceptors (Lipinski definition) is 5. The topological polar surface area (TPSA) is 84.9 Å². The average Bonchev–Trinajstić information content (AvgIpc) is 2.87. The third-order valence-electron chi connectivity index (χ3n) is 5.75. The van der Waals surface area contributed by atoms with Gasteiger partial charge in [-0.25, -0.2) is 4.39 Å². The van der Waals surface area contributed by atoms with Gasteiger partial charge >= 0.3 is 0 Å². The Bertz CT molecular complexity index is 1250. The van der Waals surface area contributed by atoms with E-state index in [0.29, 0.717) is 11.4 Å². The maximum Gasteiger partial charge on any atom is 0.265 e. The van der Waals surface area contributed by atoms with Crippen molar-refractivity contribution in [3.8, 4) is 11.5 Å². The van der Waals surface area contributed by atoms with Gasteiger partial charge in [0, 0.05) is 11.6 Å². The van der Waals surface area contributed by atoms with E-state index in [1.807, 2.05) is 37.3 Å². The maximum absolute atomic E-state index is 13.4. The van der Waals surface area contributed by atoms with Crippen molar-refractivity contribution in [2.75, 3.05) is 18.1 Å². The van der Waals surface area contributed by atoms with E-state index in [1.165, 1.54) is 29.2 Å². The molecule has 4 rings (SSSR count). The Morgan fingerprint density at radius 2 is 1.83 bits per heavy atom. The van der Waals surface area contributed by atoms with Gasteiger partial charge in [0.1, 0.15) is 23.4 Å². The zero-order valence-corrected chi connectivity index (χ0v) is 19.4. The fraction of sp³-hybridized carbons (Fsp3) is 0.222. The summed E-state index contributed by atoms with van der Waals surface area (Å²) in [6.07, 6.45) is 0. The molecule has 2 atom stereocenters. The number of amides is 2. The summed E-state index contributed by atoms with van der Waals surface area (Å²) in [6, 6.07) is 18.6. The Labute approximate surface area is 202 Å². The number of hydrogen-bond donors (Lipinski definition) is 1. The predicted octanol–water partition coefficient (Wildman–Crippen LogP) is 4.08. The van der Waals surface area contributed by atoms with Crippen molar-refractivity contribution in [3.63, 3.8) is 0 Å². The molecule has 0 aliphatic carbocycles. The van der Waals surface area contributed by atoms with Crippen LogP contribution in [0.5, 0.6) is 11.5 Å². The van der Waals surface area contributed by atoms with Crippen molar-refractivity contribution in [1.82, 2.24) is 5.32 Å². The fourth-order valence-corrected chi connectivity index (χ4v) is 3.83. The lowest BCUT2D eigenvalue weighted by molar-refractivity contribution is -0.127. The summed E-state index contributed by atoms with van der Waals surface area (Å²) >= 11 is 0. The number of rotatable bonds is 8. The Kier molecular flexibility index (Phi) is 7.10. The van der Waals surface area contributed by atoms with E-state index in [0.717, 1.165) is 5.56 Å². The lowest BCUT2D eigenvalue weighted by atomic mass is 10.1. The first-order valence-electron chi connectivity index (χ1n) is 11.2. The molecule has 2 amide bonds. The van der Waals surface area contributed by atoms with Gasteiger partial charge in [-0.15, -0.1) is 0 Å². The van der Waals surface area contributed by atoms with Crippen LogP contribution < -0.4 is 19.7 Å². The second-order valence-corrected chi connectivity index (χ2v) is 8.22. The molecule has 0 unspecified atom stereocenters. The number of Topliss-reactive ketones (excluding diaryl/α,β-unsaturated/α-hetero) is 1. The third kappa shape index (κ3) is 5.48. The molecule has 0 aromatic heterocycles. The third-order valence-corrected chi connectivity index (χ3v) is 5.75. The molecule has 0 bridgehead atoms. The summed E-state index contributed by atoms with van der Waals surface area (Å²) in [6.45, 7) is 2.96. The number of nitrogens with zero attached hydrogens (tertiary/aromatic N) is 1. The first-order chi connectivity index (χ1) is 16.8. The summed E-state index contributed by atoms with van der Waals surface area (Å²) < 4.78 is 24.3. The summed E-state index contributed by atoms with van der Waals surface area (Å²) in [5.74, 6) is -0.951. The number of anilines is 1. The minimum Gasteiger partial charge on any atom is -0.485 e. The van der Waals surface area contributed by atoms with Gasteiger partial charge < -0.3 is 14.8 Å². The maximum atomic E-state index is 13.4. The van der Waals surface area contributed by atoms with Crippen molar-refractivity contribution in [2.24, 2.45) is 0 Å². The molecule has 0 saturated heterocycles. The number of ketones is 1. The summed E-state index contributed by atoms with van der Waals surface area (Å²) in [7, 11) is 0. The predicted molar refractivity (Wildman–Crippen MR) is 128 cm³/mol. The number of fused-ring (bicyclic) bond motifs is 1. The van der Waals surface area contributed by atoms with Gasteiger partial charge in [0.15, 0.2) is 19.0 Å². The molecule has 3 aromatic rings. The van der Waals surface area contributed by atoms with Crippen molar-refractivity contribution in [1.29, 1.82) is 0 Å². The van der Waals surface area contributed by atoms with E-state index < -0.39 is 17.8 Å². The molecule has 1 aliphatic rings. The van der Waals surface area contributed by atoms with E-state index in [9.17, 15) is 18.8 Å². The molecule has 7 nitrogen and oxygen atoms in total. The van der Waals surface area contributed by atoms with Crippen LogP contribution in [0.15, 0.2) is 72.8 Å². The SMILES string of the molecule is C[C@H](NC(=O)[C@@H](C)N1C(=O)COc2ccc(C(=O)COc3cccc(F)c3)cc21)c1ccccc1. The molecular formula is C27H25FN2O5. The van der Waals surface area contributed by atoms with Crippen molar-refractivity contribution in [2.45, 2.75) is 25.9 Å². The van der Waals surface area contributed by atoms with Crippen LogP contribution in [-0.4, -0.2) is 36.9 Å². The molecule has 1 heterocycles. The molecule has 35 heavy (non-hydrogen) atoms. The van der Waals surface area contributed by atoms with Crippen LogP contribution in [0.1, 0.15) is 35.8 Å². The van der Waals surface area contributed by atoms with Crippen molar-refractivity contribution >= 4 is 23.3 Å². The Morgan fingerprint density at radius 1 is 1.06 bits per heavy atom. The van der Waals surface area contributed by atoms with Crippen molar-refractivity contribution < 1.29 is 28.2 Å². The molecule has 180 valence electrons. The number of carbonyl (C=O) groups is 3. The molecule has 0 fully saturated rings. The molecule has 1 N–H and O–H groups in total. The van der Waals surface area contributed by atoms with Gasteiger partial charge in [0.25, 0.3) is 5.91 Å². The summed E-state index contributed by atoms with van der Waals surface area (Å²) in [5.41, 5.74) is 1.54. The number of nitrogens with one attached hydrogen (secondary N) is 1. The molecule has 0 radical (unpaired) electrons. The highest BCUT2D eigenvalue weighted by Crippen LogP contribution is 2.34. The van der Waals surface area contributed by atoms with Crippen LogP contribution >= 0.6 is 0 Å². The molecule has 0 spiro atoms. The normalized spacial score (nSPS) is 14.4. The molecule has 3 aromatic carbocycles. The van der Waals surface area contributed by atoms with E-state index in [1.54, 1.807) is 25.1 Å². The Hall–Kier alpha value is -4.20. The summed E-state index contributed by atoms with van der Waals surface area (Å²) in [5, 5.41) is 2.93. The van der Waals surface area contributed by atoms with Crippen LogP contribution in [0.3, 0.4) is 0 Å². The largest absolute Gasteiger partial charge is 0.485 e. The molecule has 8 heteroatoms. The minimum absolute atomic E-state index is 0.213. The average molecular weight is 477 g/mol. The monoisotopic (exact) mass is 476 g/mol. The van der Waals surface area contributed by atoms with Gasteiger partial charge in [-0.3, -0.25) is 19.3 Å². The molecule has 1 aliphatic heterocycles. The van der Waals surface area contributed by atoms with Gasteiger partial charge in [0.2, 0.25) is 5.91 Å². The second-order valence-electron chi connectivity index (χ2n) is 8.22. The quantitative estimate of drug-likeness (QED) is 0.496. The van der Waals surface area contributed by atoms with Gasteiger partial charge in [0.05, 0.1) is 11.7 Å². The lowest BCUT2D eigenvalue weighted by Gasteiger charge is -2.34. The lowest BCUT2D eigenvalue weighted by Crippen LogP contribution is -2.51. The van der Waals surface area contributed by atoms with Gasteiger partial charge in [-0.1, -0.05) is 36.4 Å². The van der Waals surface area contributed by atoms with Crippen LogP contribution in [-0.2, 0) is 9.59 Å². The zero-order chi connectivity index (χ0) is 24.9. The van der Waals surface area contributed by atoms with Crippen molar-refractivity contribution in [3.05, 3.63) is 89.7 Å². The Morgan fingerprint density at radius 3 is 2.57 bits per heavy atom. The highest BCUT2D eigenvalue weighted by atomic mass is 19.1. The van der Waals surface area contributed by atoms with Gasteiger partial charge in [-0.2, -0.15) is 0 Å². The first-order valence-corrected chi connectivity index (χ1v) is 11.2. The number of ether oxygens (including phenoxy) is 2. The number of carbonyl (C=O) groups excluding carboxylic acids is 3. The Balaban J connectivity index is 1.51. The van der Waals surface area contributed by atoms with Gasteiger partial charge in [-0.05, 0) is 49.7 Å². The zero-order valence-electron chi connectivity index (χ0n) is 19.4. The standard InChI is InChI=1S/C27H25FN2O5/c1-17(19-7-4-3-5-8-19)29-27(33)18(2)30-23-13-20(11-12-25(23)35-16-26(30)32)24(31)15-34-22-10-6-9-21(28)14-22/h3-14,17-18H,15-16H2,1-2H3,(H,29,33)/t17-,18+/m0/s1. The van der Waals surface area contributed by atoms with Crippen LogP contribution in [0, 0.1) is 5.82 Å². The summed E-state index contributed by atoms with van der Waals surface area (Å²) in [4.78, 5) is 39.9. The molecule has 0 saturated carbocycles. The molecular weight excluding hydrogens is 451 g/mol. The first kappa shape index (κ1) is 23.9. The smallest absolute Gasteiger partial charge is 0.265 e. The number of benzene rings is 3. The van der Waals surface area contributed by atoms with Crippen LogP contribution in [0.2, 0.25) is 0 Å². The van der Waals surface area contributed by atoms with Crippen LogP contribution in [0.25, 0.3) is 0 Å². The van der Waals surface area contributed by atoms with E-state index in [4.69, 9.17) is 9.47 Å². The fourth-order valence-electron chi connectivity index (χ4n) is 3.83. The highest BCUT2D eigenvalue weighted by molar-refractivity contribution is 6.06. The second kappa shape index (κ2) is 10.4. The van der Waals surface area contributed by atoms with Crippen LogP contribution in [0.4, 0.5) is 10.1 Å². The van der Waals surface area contributed by atoms with E-state index >= 15 is 0 Å². The number of halogens is 1. The minimum atomic E-state index is -0.842. The van der Waals surface area contributed by atoms with E-state index in [2.05, 4.69) is 5.32 Å².